The maximum Gasteiger partial charge on any atom is 0.275 e. The van der Waals surface area contributed by atoms with Crippen molar-refractivity contribution in [2.75, 3.05) is 23.3 Å². The number of nitrogens with zero attached hydrogens (tertiary/aromatic N) is 3. The van der Waals surface area contributed by atoms with Crippen molar-refractivity contribution in [2.24, 2.45) is 5.92 Å². The lowest BCUT2D eigenvalue weighted by molar-refractivity contribution is -0.117. The lowest BCUT2D eigenvalue weighted by Gasteiger charge is -2.32. The average molecular weight is 425 g/mol. The molecule has 0 aliphatic carbocycles. The molecule has 4 rings (SSSR count). The highest BCUT2D eigenvalue weighted by Crippen LogP contribution is 2.27. The molecule has 0 bridgehead atoms. The Kier molecular flexibility index (Phi) is 5.77. The van der Waals surface area contributed by atoms with Crippen molar-refractivity contribution in [3.8, 4) is 0 Å². The van der Waals surface area contributed by atoms with E-state index in [2.05, 4.69) is 22.2 Å². The maximum atomic E-state index is 13.0. The molecule has 1 aliphatic rings. The molecule has 1 atom stereocenters. The van der Waals surface area contributed by atoms with Crippen LogP contribution in [0, 0.1) is 12.8 Å². The number of fused-ring (bicyclic) bond motifs is 1. The lowest BCUT2D eigenvalue weighted by atomic mass is 10.00. The SMILES string of the molecule is Cc1ccc(NC(=O)Cn2nc(N3CCCC(C)C3)c3ccccc3c2=O)c(Cl)c1. The van der Waals surface area contributed by atoms with Crippen molar-refractivity contribution in [3.63, 3.8) is 0 Å². The summed E-state index contributed by atoms with van der Waals surface area (Å²) in [6.45, 7) is 5.76. The molecule has 0 radical (unpaired) electrons. The van der Waals surface area contributed by atoms with Crippen molar-refractivity contribution in [1.82, 2.24) is 9.78 Å². The van der Waals surface area contributed by atoms with Crippen LogP contribution >= 0.6 is 11.6 Å². The Balaban J connectivity index is 1.67. The summed E-state index contributed by atoms with van der Waals surface area (Å²) in [6.07, 6.45) is 2.27. The molecule has 30 heavy (non-hydrogen) atoms. The third-order valence-corrected chi connectivity index (χ3v) is 5.81. The summed E-state index contributed by atoms with van der Waals surface area (Å²) >= 11 is 6.22. The van der Waals surface area contributed by atoms with Gasteiger partial charge in [0.2, 0.25) is 5.91 Å². The average Bonchev–Trinajstić information content (AvgIpc) is 2.72. The molecule has 1 saturated heterocycles. The van der Waals surface area contributed by atoms with E-state index < -0.39 is 0 Å². The predicted molar refractivity (Wildman–Crippen MR) is 121 cm³/mol. The van der Waals surface area contributed by atoms with Crippen LogP contribution in [0.15, 0.2) is 47.3 Å². The topological polar surface area (TPSA) is 67.2 Å². The van der Waals surface area contributed by atoms with E-state index in [4.69, 9.17) is 11.6 Å². The van der Waals surface area contributed by atoms with Crippen molar-refractivity contribution in [3.05, 3.63) is 63.4 Å². The monoisotopic (exact) mass is 424 g/mol. The molecule has 2 aromatic carbocycles. The summed E-state index contributed by atoms with van der Waals surface area (Å²) in [5.74, 6) is 0.980. The number of aryl methyl sites for hydroxylation is 1. The first-order valence-corrected chi connectivity index (χ1v) is 10.6. The van der Waals surface area contributed by atoms with E-state index in [-0.39, 0.29) is 18.0 Å². The van der Waals surface area contributed by atoms with E-state index in [0.29, 0.717) is 22.0 Å². The minimum Gasteiger partial charge on any atom is -0.354 e. The number of carbonyl (C=O) groups is 1. The Morgan fingerprint density at radius 3 is 2.73 bits per heavy atom. The fourth-order valence-corrected chi connectivity index (χ4v) is 4.27. The van der Waals surface area contributed by atoms with Crippen LogP contribution in [0.5, 0.6) is 0 Å². The second-order valence-corrected chi connectivity index (χ2v) is 8.46. The number of anilines is 2. The molecule has 1 unspecified atom stereocenters. The molecular weight excluding hydrogens is 400 g/mol. The van der Waals surface area contributed by atoms with Gasteiger partial charge in [-0.2, -0.15) is 5.10 Å². The van der Waals surface area contributed by atoms with Gasteiger partial charge in [0, 0.05) is 18.5 Å². The van der Waals surface area contributed by atoms with Crippen LogP contribution in [0.3, 0.4) is 0 Å². The van der Waals surface area contributed by atoms with Crippen LogP contribution in [0.2, 0.25) is 5.02 Å². The van der Waals surface area contributed by atoms with E-state index in [1.165, 1.54) is 11.1 Å². The highest BCUT2D eigenvalue weighted by molar-refractivity contribution is 6.33. The fourth-order valence-electron chi connectivity index (χ4n) is 3.99. The number of benzene rings is 2. The van der Waals surface area contributed by atoms with Crippen LogP contribution in [-0.4, -0.2) is 28.8 Å². The van der Waals surface area contributed by atoms with Gasteiger partial charge in [0.25, 0.3) is 5.56 Å². The number of amides is 1. The van der Waals surface area contributed by atoms with Gasteiger partial charge in [0.1, 0.15) is 6.54 Å². The summed E-state index contributed by atoms with van der Waals surface area (Å²) in [6, 6.07) is 12.9. The molecule has 1 N–H and O–H groups in total. The summed E-state index contributed by atoms with van der Waals surface area (Å²) < 4.78 is 1.26. The predicted octanol–water partition coefficient (Wildman–Crippen LogP) is 4.23. The Morgan fingerprint density at radius 2 is 2.00 bits per heavy atom. The summed E-state index contributed by atoms with van der Waals surface area (Å²) in [7, 11) is 0. The van der Waals surface area contributed by atoms with Crippen molar-refractivity contribution in [1.29, 1.82) is 0 Å². The van der Waals surface area contributed by atoms with E-state index in [9.17, 15) is 9.59 Å². The summed E-state index contributed by atoms with van der Waals surface area (Å²) in [5.41, 5.74) is 1.25. The second-order valence-electron chi connectivity index (χ2n) is 8.06. The van der Waals surface area contributed by atoms with Gasteiger partial charge < -0.3 is 10.2 Å². The minimum atomic E-state index is -0.344. The van der Waals surface area contributed by atoms with Crippen LogP contribution in [0.25, 0.3) is 10.8 Å². The quantitative estimate of drug-likeness (QED) is 0.680. The normalized spacial score (nSPS) is 16.6. The zero-order chi connectivity index (χ0) is 21.3. The molecule has 1 amide bonds. The number of hydrogen-bond donors (Lipinski definition) is 1. The maximum absolute atomic E-state index is 13.0. The van der Waals surface area contributed by atoms with Gasteiger partial charge in [0.05, 0.1) is 16.1 Å². The second kappa shape index (κ2) is 8.48. The Morgan fingerprint density at radius 1 is 1.23 bits per heavy atom. The van der Waals surface area contributed by atoms with Gasteiger partial charge in [-0.05, 0) is 49.4 Å². The number of hydrogen-bond acceptors (Lipinski definition) is 4. The molecule has 7 heteroatoms. The molecule has 2 heterocycles. The first-order valence-electron chi connectivity index (χ1n) is 10.2. The van der Waals surface area contributed by atoms with Gasteiger partial charge >= 0.3 is 0 Å². The molecule has 0 saturated carbocycles. The minimum absolute atomic E-state index is 0.176. The number of aromatic nitrogens is 2. The van der Waals surface area contributed by atoms with Gasteiger partial charge in [-0.1, -0.05) is 42.8 Å². The highest BCUT2D eigenvalue weighted by atomic mass is 35.5. The van der Waals surface area contributed by atoms with Gasteiger partial charge in [0.15, 0.2) is 5.82 Å². The number of nitrogens with one attached hydrogen (secondary N) is 1. The van der Waals surface area contributed by atoms with Crippen LogP contribution in [0.1, 0.15) is 25.3 Å². The largest absolute Gasteiger partial charge is 0.354 e. The number of carbonyl (C=O) groups excluding carboxylic acids is 1. The van der Waals surface area contributed by atoms with Gasteiger partial charge in [-0.15, -0.1) is 0 Å². The molecule has 1 aliphatic heterocycles. The molecule has 156 valence electrons. The lowest BCUT2D eigenvalue weighted by Crippen LogP contribution is -2.38. The zero-order valence-corrected chi connectivity index (χ0v) is 17.9. The molecule has 6 nitrogen and oxygen atoms in total. The highest BCUT2D eigenvalue weighted by Gasteiger charge is 2.22. The first kappa shape index (κ1) is 20.4. The number of piperidine rings is 1. The summed E-state index contributed by atoms with van der Waals surface area (Å²) in [5, 5.41) is 9.26. The Hall–Kier alpha value is -2.86. The molecule has 3 aromatic rings. The van der Waals surface area contributed by atoms with Gasteiger partial charge in [-0.3, -0.25) is 9.59 Å². The van der Waals surface area contributed by atoms with Crippen LogP contribution in [0.4, 0.5) is 11.5 Å². The van der Waals surface area contributed by atoms with Crippen LogP contribution in [-0.2, 0) is 11.3 Å². The Labute approximate surface area is 180 Å². The summed E-state index contributed by atoms with van der Waals surface area (Å²) in [4.78, 5) is 27.9. The van der Waals surface area contributed by atoms with E-state index in [1.54, 1.807) is 18.2 Å². The molecule has 1 aromatic heterocycles. The third kappa shape index (κ3) is 4.19. The van der Waals surface area contributed by atoms with Crippen molar-refractivity contribution >= 4 is 39.8 Å². The standard InChI is InChI=1S/C23H25ClN4O2/c1-15-9-10-20(19(24)12-15)25-21(29)14-28-23(30)18-8-4-3-7-17(18)22(26-28)27-11-5-6-16(2)13-27/h3-4,7-10,12,16H,5-6,11,13-14H2,1-2H3,(H,25,29). The number of rotatable bonds is 4. The number of halogens is 1. The van der Waals surface area contributed by atoms with E-state index in [0.717, 1.165) is 36.3 Å². The Bertz CT molecular complexity index is 1160. The molecular formula is C23H25ClN4O2. The smallest absolute Gasteiger partial charge is 0.275 e. The first-order chi connectivity index (χ1) is 14.4. The molecule has 0 spiro atoms. The molecule has 1 fully saturated rings. The van der Waals surface area contributed by atoms with Gasteiger partial charge in [-0.25, -0.2) is 4.68 Å². The third-order valence-electron chi connectivity index (χ3n) is 5.50. The van der Waals surface area contributed by atoms with Crippen LogP contribution < -0.4 is 15.8 Å². The fraction of sp³-hybridized carbons (Fsp3) is 0.348. The van der Waals surface area contributed by atoms with E-state index >= 15 is 0 Å². The van der Waals surface area contributed by atoms with E-state index in [1.807, 2.05) is 31.2 Å². The zero-order valence-electron chi connectivity index (χ0n) is 17.2. The van der Waals surface area contributed by atoms with Crippen molar-refractivity contribution in [2.45, 2.75) is 33.2 Å². The van der Waals surface area contributed by atoms with Crippen molar-refractivity contribution < 1.29 is 4.79 Å².